The Hall–Kier alpha value is -0.900. The molecule has 1 aromatic rings. The predicted molar refractivity (Wildman–Crippen MR) is 62.3 cm³/mol. The summed E-state index contributed by atoms with van der Waals surface area (Å²) in [5, 5.41) is 3.32. The van der Waals surface area contributed by atoms with E-state index in [1.807, 2.05) is 23.9 Å². The van der Waals surface area contributed by atoms with E-state index in [-0.39, 0.29) is 0 Å². The fourth-order valence-electron chi connectivity index (χ4n) is 1.08. The number of nitrogens with zero attached hydrogens (tertiary/aromatic N) is 1. The zero-order chi connectivity index (χ0) is 10.2. The largest absolute Gasteiger partial charge is 0.481 e. The van der Waals surface area contributed by atoms with Crippen molar-refractivity contribution in [2.24, 2.45) is 0 Å². The molecule has 3 nitrogen and oxygen atoms in total. The number of pyridine rings is 1. The lowest BCUT2D eigenvalue weighted by Crippen LogP contribution is -2.02. The molecule has 0 saturated heterocycles. The number of thioether (sulfide) groups is 1. The van der Waals surface area contributed by atoms with Gasteiger partial charge in [0, 0.05) is 24.5 Å². The monoisotopic (exact) mass is 212 g/mol. The molecule has 0 saturated carbocycles. The lowest BCUT2D eigenvalue weighted by molar-refractivity contribution is 0.398. The van der Waals surface area contributed by atoms with Gasteiger partial charge >= 0.3 is 0 Å². The van der Waals surface area contributed by atoms with Crippen molar-refractivity contribution < 1.29 is 4.74 Å². The third kappa shape index (κ3) is 3.87. The highest BCUT2D eigenvalue weighted by atomic mass is 32.2. The maximum atomic E-state index is 5.03. The van der Waals surface area contributed by atoms with Crippen LogP contribution in [0.4, 0.5) is 5.69 Å². The van der Waals surface area contributed by atoms with Crippen LogP contribution in [-0.2, 0) is 0 Å². The van der Waals surface area contributed by atoms with Gasteiger partial charge < -0.3 is 10.1 Å². The van der Waals surface area contributed by atoms with Crippen molar-refractivity contribution in [1.82, 2.24) is 4.98 Å². The summed E-state index contributed by atoms with van der Waals surface area (Å²) in [6, 6.07) is 3.85. The van der Waals surface area contributed by atoms with Crippen molar-refractivity contribution in [2.45, 2.75) is 6.42 Å². The van der Waals surface area contributed by atoms with Gasteiger partial charge in [-0.15, -0.1) is 0 Å². The van der Waals surface area contributed by atoms with E-state index >= 15 is 0 Å². The number of hydrogen-bond donors (Lipinski definition) is 1. The zero-order valence-corrected chi connectivity index (χ0v) is 9.43. The molecule has 14 heavy (non-hydrogen) atoms. The number of ether oxygens (including phenoxy) is 1. The Morgan fingerprint density at radius 2 is 2.43 bits per heavy atom. The SMILES string of the molecule is COc1cc(NCCCSC)ccn1. The molecule has 0 amide bonds. The summed E-state index contributed by atoms with van der Waals surface area (Å²) in [7, 11) is 1.62. The highest BCUT2D eigenvalue weighted by molar-refractivity contribution is 7.98. The summed E-state index contributed by atoms with van der Waals surface area (Å²) in [4.78, 5) is 4.04. The summed E-state index contributed by atoms with van der Waals surface area (Å²) in [6.45, 7) is 0.994. The molecule has 0 aromatic carbocycles. The Morgan fingerprint density at radius 3 is 3.14 bits per heavy atom. The number of methoxy groups -OCH3 is 1. The van der Waals surface area contributed by atoms with Gasteiger partial charge in [-0.05, 0) is 24.5 Å². The minimum atomic E-state index is 0.653. The van der Waals surface area contributed by atoms with Crippen molar-refractivity contribution in [3.05, 3.63) is 18.3 Å². The molecule has 0 atom stereocenters. The first-order chi connectivity index (χ1) is 6.86. The van der Waals surface area contributed by atoms with Crippen LogP contribution in [0.15, 0.2) is 18.3 Å². The van der Waals surface area contributed by atoms with Crippen molar-refractivity contribution >= 4 is 17.4 Å². The average molecular weight is 212 g/mol. The Bertz CT molecular complexity index is 268. The Morgan fingerprint density at radius 1 is 1.57 bits per heavy atom. The van der Waals surface area contributed by atoms with E-state index in [2.05, 4.69) is 16.6 Å². The third-order valence-corrected chi connectivity index (χ3v) is 2.50. The van der Waals surface area contributed by atoms with E-state index in [9.17, 15) is 0 Å². The molecule has 0 radical (unpaired) electrons. The number of rotatable bonds is 6. The fourth-order valence-corrected chi connectivity index (χ4v) is 1.51. The Labute approximate surface area is 89.3 Å². The van der Waals surface area contributed by atoms with E-state index < -0.39 is 0 Å². The molecule has 0 aliphatic heterocycles. The second-order valence-corrected chi connectivity index (χ2v) is 3.85. The van der Waals surface area contributed by atoms with Gasteiger partial charge in [-0.2, -0.15) is 11.8 Å². The van der Waals surface area contributed by atoms with Crippen molar-refractivity contribution in [1.29, 1.82) is 0 Å². The molecular formula is C10H16N2OS. The van der Waals surface area contributed by atoms with Crippen LogP contribution >= 0.6 is 11.8 Å². The van der Waals surface area contributed by atoms with Gasteiger partial charge in [-0.1, -0.05) is 0 Å². The molecule has 1 heterocycles. The number of nitrogens with one attached hydrogen (secondary N) is 1. The van der Waals surface area contributed by atoms with Crippen molar-refractivity contribution in [3.8, 4) is 5.88 Å². The summed E-state index contributed by atoms with van der Waals surface area (Å²) < 4.78 is 5.03. The molecule has 0 spiro atoms. The second-order valence-electron chi connectivity index (χ2n) is 2.86. The van der Waals surface area contributed by atoms with Crippen molar-refractivity contribution in [2.75, 3.05) is 31.0 Å². The molecule has 0 bridgehead atoms. The molecule has 1 aromatic heterocycles. The number of anilines is 1. The highest BCUT2D eigenvalue weighted by Gasteiger charge is 1.95. The van der Waals surface area contributed by atoms with Crippen LogP contribution in [0, 0.1) is 0 Å². The van der Waals surface area contributed by atoms with Gasteiger partial charge in [-0.3, -0.25) is 0 Å². The maximum absolute atomic E-state index is 5.03. The summed E-state index contributed by atoms with van der Waals surface area (Å²) in [5.41, 5.74) is 1.07. The minimum Gasteiger partial charge on any atom is -0.481 e. The smallest absolute Gasteiger partial charge is 0.214 e. The van der Waals surface area contributed by atoms with Crippen LogP contribution in [0.1, 0.15) is 6.42 Å². The van der Waals surface area contributed by atoms with Crippen LogP contribution < -0.4 is 10.1 Å². The van der Waals surface area contributed by atoms with Crippen molar-refractivity contribution in [3.63, 3.8) is 0 Å². The molecule has 0 fully saturated rings. The topological polar surface area (TPSA) is 34.1 Å². The van der Waals surface area contributed by atoms with Crippen LogP contribution in [0.5, 0.6) is 5.88 Å². The molecule has 78 valence electrons. The molecule has 0 aliphatic rings. The van der Waals surface area contributed by atoms with Gasteiger partial charge in [0.1, 0.15) is 0 Å². The molecule has 1 N–H and O–H groups in total. The van der Waals surface area contributed by atoms with Gasteiger partial charge in [-0.25, -0.2) is 4.98 Å². The fraction of sp³-hybridized carbons (Fsp3) is 0.500. The zero-order valence-electron chi connectivity index (χ0n) is 8.62. The number of aromatic nitrogens is 1. The van der Waals surface area contributed by atoms with Gasteiger partial charge in [0.2, 0.25) is 5.88 Å². The van der Waals surface area contributed by atoms with E-state index in [0.29, 0.717) is 5.88 Å². The van der Waals surface area contributed by atoms with E-state index in [0.717, 1.165) is 12.2 Å². The molecule has 0 aliphatic carbocycles. The molecule has 1 rings (SSSR count). The van der Waals surface area contributed by atoms with E-state index in [4.69, 9.17) is 4.74 Å². The number of hydrogen-bond acceptors (Lipinski definition) is 4. The van der Waals surface area contributed by atoms with Crippen LogP contribution in [-0.4, -0.2) is 30.6 Å². The summed E-state index contributed by atoms with van der Waals surface area (Å²) in [5.74, 6) is 1.84. The van der Waals surface area contributed by atoms with E-state index in [1.54, 1.807) is 13.3 Å². The summed E-state index contributed by atoms with van der Waals surface area (Å²) in [6.07, 6.45) is 5.04. The first-order valence-electron chi connectivity index (χ1n) is 4.59. The molecular weight excluding hydrogens is 196 g/mol. The molecule has 0 unspecified atom stereocenters. The summed E-state index contributed by atoms with van der Waals surface area (Å²) >= 11 is 1.87. The first kappa shape index (κ1) is 11.2. The quantitative estimate of drug-likeness (QED) is 0.733. The van der Waals surface area contributed by atoms with Crippen LogP contribution in [0.3, 0.4) is 0 Å². The lowest BCUT2D eigenvalue weighted by atomic mass is 10.4. The first-order valence-corrected chi connectivity index (χ1v) is 5.99. The Balaban J connectivity index is 2.34. The minimum absolute atomic E-state index is 0.653. The van der Waals surface area contributed by atoms with Crippen LogP contribution in [0.2, 0.25) is 0 Å². The van der Waals surface area contributed by atoms with Gasteiger partial charge in [0.15, 0.2) is 0 Å². The van der Waals surface area contributed by atoms with Gasteiger partial charge in [0.25, 0.3) is 0 Å². The third-order valence-electron chi connectivity index (χ3n) is 1.80. The maximum Gasteiger partial charge on any atom is 0.214 e. The molecule has 4 heteroatoms. The highest BCUT2D eigenvalue weighted by Crippen LogP contribution is 2.13. The predicted octanol–water partition coefficient (Wildman–Crippen LogP) is 2.26. The lowest BCUT2D eigenvalue weighted by Gasteiger charge is -2.06. The Kier molecular flexibility index (Phi) is 5.22. The standard InChI is InChI=1S/C10H16N2OS/c1-13-10-8-9(4-6-12-10)11-5-3-7-14-2/h4,6,8H,3,5,7H2,1-2H3,(H,11,12). The van der Waals surface area contributed by atoms with Crippen LogP contribution in [0.25, 0.3) is 0 Å². The normalized spacial score (nSPS) is 9.86. The second kappa shape index (κ2) is 6.54. The van der Waals surface area contributed by atoms with E-state index in [1.165, 1.54) is 12.2 Å². The average Bonchev–Trinajstić information content (AvgIpc) is 2.25. The van der Waals surface area contributed by atoms with Gasteiger partial charge in [0.05, 0.1) is 7.11 Å².